The fraction of sp³-hybridized carbons (Fsp3) is 0.438. The van der Waals surface area contributed by atoms with Crippen LogP contribution < -0.4 is 10.1 Å². The van der Waals surface area contributed by atoms with Crippen molar-refractivity contribution in [3.63, 3.8) is 0 Å². The average molecular weight is 273 g/mol. The van der Waals surface area contributed by atoms with Crippen molar-refractivity contribution < 1.29 is 4.74 Å². The van der Waals surface area contributed by atoms with Gasteiger partial charge >= 0.3 is 0 Å². The largest absolute Gasteiger partial charge is 0.453 e. The van der Waals surface area contributed by atoms with Gasteiger partial charge in [-0.15, -0.1) is 0 Å². The minimum absolute atomic E-state index is 0.356. The van der Waals surface area contributed by atoms with Gasteiger partial charge in [0.05, 0.1) is 5.69 Å². The normalized spacial score (nSPS) is 12.4. The molecule has 108 valence electrons. The van der Waals surface area contributed by atoms with Crippen molar-refractivity contribution >= 4 is 0 Å². The summed E-state index contributed by atoms with van der Waals surface area (Å²) in [5.41, 5.74) is 3.19. The van der Waals surface area contributed by atoms with Crippen LogP contribution in [0.4, 0.5) is 0 Å². The van der Waals surface area contributed by atoms with E-state index in [1.165, 1.54) is 5.56 Å². The molecule has 1 atom stereocenters. The molecule has 4 nitrogen and oxygen atoms in total. The highest BCUT2D eigenvalue weighted by Crippen LogP contribution is 2.29. The first-order chi connectivity index (χ1) is 9.56. The van der Waals surface area contributed by atoms with Gasteiger partial charge in [0.25, 0.3) is 0 Å². The number of nitrogens with one attached hydrogen (secondary N) is 1. The predicted octanol–water partition coefficient (Wildman–Crippen LogP) is 3.50. The summed E-state index contributed by atoms with van der Waals surface area (Å²) in [4.78, 5) is 0. The number of hydrogen-bond donors (Lipinski definition) is 1. The number of aryl methyl sites for hydroxylation is 2. The highest BCUT2D eigenvalue weighted by Gasteiger charge is 2.13. The predicted molar refractivity (Wildman–Crippen MR) is 81.3 cm³/mol. The molecule has 0 bridgehead atoms. The highest BCUT2D eigenvalue weighted by molar-refractivity contribution is 5.39. The zero-order valence-corrected chi connectivity index (χ0v) is 12.9. The van der Waals surface area contributed by atoms with Crippen LogP contribution in [-0.4, -0.2) is 16.8 Å². The van der Waals surface area contributed by atoms with Gasteiger partial charge in [0.1, 0.15) is 11.4 Å². The molecule has 0 saturated carbocycles. The average Bonchev–Trinajstić information content (AvgIpc) is 2.67. The summed E-state index contributed by atoms with van der Waals surface area (Å²) in [6.45, 7) is 6.15. The molecule has 1 unspecified atom stereocenters. The number of nitrogens with zero attached hydrogens (tertiary/aromatic N) is 2. The van der Waals surface area contributed by atoms with E-state index in [2.05, 4.69) is 29.5 Å². The van der Waals surface area contributed by atoms with Crippen LogP contribution in [0.25, 0.3) is 0 Å². The van der Waals surface area contributed by atoms with Crippen LogP contribution in [0.2, 0.25) is 0 Å². The van der Waals surface area contributed by atoms with Crippen LogP contribution in [0.5, 0.6) is 11.5 Å². The van der Waals surface area contributed by atoms with Crippen LogP contribution >= 0.6 is 0 Å². The maximum absolute atomic E-state index is 6.03. The van der Waals surface area contributed by atoms with Crippen molar-refractivity contribution in [1.82, 2.24) is 15.1 Å². The Kier molecular flexibility index (Phi) is 4.45. The third-order valence-electron chi connectivity index (χ3n) is 3.68. The number of rotatable bonds is 5. The van der Waals surface area contributed by atoms with E-state index in [-0.39, 0.29) is 0 Å². The van der Waals surface area contributed by atoms with Crippen LogP contribution in [0.1, 0.15) is 36.3 Å². The molecule has 0 spiro atoms. The summed E-state index contributed by atoms with van der Waals surface area (Å²) < 4.78 is 7.87. The molecule has 2 rings (SSSR count). The molecular formula is C16H23N3O. The number of hydrogen-bond acceptors (Lipinski definition) is 3. The van der Waals surface area contributed by atoms with E-state index in [1.54, 1.807) is 0 Å². The van der Waals surface area contributed by atoms with Crippen LogP contribution in [-0.2, 0) is 7.05 Å². The van der Waals surface area contributed by atoms with E-state index in [1.807, 2.05) is 44.8 Å². The second-order valence-corrected chi connectivity index (χ2v) is 5.05. The molecule has 1 aromatic heterocycles. The molecule has 1 N–H and O–H groups in total. The molecule has 0 saturated heterocycles. The molecule has 0 aliphatic heterocycles. The van der Waals surface area contributed by atoms with E-state index in [0.29, 0.717) is 6.04 Å². The first kappa shape index (κ1) is 14.6. The van der Waals surface area contributed by atoms with Gasteiger partial charge in [-0.1, -0.05) is 19.1 Å². The van der Waals surface area contributed by atoms with Gasteiger partial charge in [-0.3, -0.25) is 4.68 Å². The number of ether oxygens (including phenoxy) is 1. The molecule has 1 aromatic carbocycles. The van der Waals surface area contributed by atoms with Crippen molar-refractivity contribution in [1.29, 1.82) is 0 Å². The monoisotopic (exact) mass is 273 g/mol. The lowest BCUT2D eigenvalue weighted by atomic mass is 10.0. The van der Waals surface area contributed by atoms with Crippen molar-refractivity contribution in [2.75, 3.05) is 7.05 Å². The first-order valence-corrected chi connectivity index (χ1v) is 7.02. The molecule has 0 aliphatic rings. The van der Waals surface area contributed by atoms with Crippen molar-refractivity contribution in [3.05, 3.63) is 41.2 Å². The second kappa shape index (κ2) is 6.09. The SMILES string of the molecule is CCC(NC)c1cccc(Oc2c(C)nn(C)c2C)c1. The Bertz CT molecular complexity index is 585. The van der Waals surface area contributed by atoms with Crippen LogP contribution in [0, 0.1) is 13.8 Å². The first-order valence-electron chi connectivity index (χ1n) is 7.02. The Hall–Kier alpha value is -1.81. The maximum atomic E-state index is 6.03. The summed E-state index contributed by atoms with van der Waals surface area (Å²) in [6.07, 6.45) is 1.05. The molecule has 4 heteroatoms. The smallest absolute Gasteiger partial charge is 0.171 e. The third kappa shape index (κ3) is 2.85. The Balaban J connectivity index is 2.28. The molecule has 0 aliphatic carbocycles. The van der Waals surface area contributed by atoms with E-state index in [4.69, 9.17) is 4.74 Å². The standard InChI is InChI=1S/C16H23N3O/c1-6-15(17-4)13-8-7-9-14(10-13)20-16-11(2)18-19(5)12(16)3/h7-10,15,17H,6H2,1-5H3. The summed E-state index contributed by atoms with van der Waals surface area (Å²) in [5, 5.41) is 7.69. The van der Waals surface area contributed by atoms with Gasteiger partial charge in [0, 0.05) is 13.1 Å². The number of aromatic nitrogens is 2. The Morgan fingerprint density at radius 1 is 1.35 bits per heavy atom. The zero-order valence-electron chi connectivity index (χ0n) is 12.9. The van der Waals surface area contributed by atoms with Gasteiger partial charge in [-0.2, -0.15) is 5.10 Å². The minimum Gasteiger partial charge on any atom is -0.453 e. The summed E-state index contributed by atoms with van der Waals surface area (Å²) in [5.74, 6) is 1.71. The Morgan fingerprint density at radius 2 is 2.10 bits per heavy atom. The quantitative estimate of drug-likeness (QED) is 0.906. The Morgan fingerprint density at radius 3 is 2.65 bits per heavy atom. The van der Waals surface area contributed by atoms with Crippen molar-refractivity contribution in [3.8, 4) is 11.5 Å². The van der Waals surface area contributed by atoms with E-state index < -0.39 is 0 Å². The molecule has 0 fully saturated rings. The van der Waals surface area contributed by atoms with Crippen molar-refractivity contribution in [2.45, 2.75) is 33.2 Å². The summed E-state index contributed by atoms with van der Waals surface area (Å²) in [7, 11) is 3.91. The van der Waals surface area contributed by atoms with Crippen molar-refractivity contribution in [2.24, 2.45) is 7.05 Å². The third-order valence-corrected chi connectivity index (χ3v) is 3.68. The lowest BCUT2D eigenvalue weighted by molar-refractivity contribution is 0.471. The van der Waals surface area contributed by atoms with Crippen LogP contribution in [0.3, 0.4) is 0 Å². The van der Waals surface area contributed by atoms with Crippen LogP contribution in [0.15, 0.2) is 24.3 Å². The second-order valence-electron chi connectivity index (χ2n) is 5.05. The molecule has 2 aromatic rings. The molecule has 20 heavy (non-hydrogen) atoms. The maximum Gasteiger partial charge on any atom is 0.171 e. The minimum atomic E-state index is 0.356. The van der Waals surface area contributed by atoms with Gasteiger partial charge < -0.3 is 10.1 Å². The Labute approximate surface area is 120 Å². The van der Waals surface area contributed by atoms with Gasteiger partial charge in [0.2, 0.25) is 0 Å². The molecule has 0 radical (unpaired) electrons. The topological polar surface area (TPSA) is 39.1 Å². The fourth-order valence-corrected chi connectivity index (χ4v) is 2.42. The zero-order chi connectivity index (χ0) is 14.7. The number of benzene rings is 1. The van der Waals surface area contributed by atoms with E-state index in [0.717, 1.165) is 29.3 Å². The molecule has 1 heterocycles. The summed E-state index contributed by atoms with van der Waals surface area (Å²) in [6, 6.07) is 8.59. The molecule has 0 amide bonds. The highest BCUT2D eigenvalue weighted by atomic mass is 16.5. The van der Waals surface area contributed by atoms with Gasteiger partial charge in [0.15, 0.2) is 5.75 Å². The molecular weight excluding hydrogens is 250 g/mol. The lowest BCUT2D eigenvalue weighted by Gasteiger charge is -2.15. The summed E-state index contributed by atoms with van der Waals surface area (Å²) >= 11 is 0. The lowest BCUT2D eigenvalue weighted by Crippen LogP contribution is -2.14. The van der Waals surface area contributed by atoms with Gasteiger partial charge in [-0.05, 0) is 45.0 Å². The van der Waals surface area contributed by atoms with E-state index in [9.17, 15) is 0 Å². The fourth-order valence-electron chi connectivity index (χ4n) is 2.42. The van der Waals surface area contributed by atoms with Gasteiger partial charge in [-0.25, -0.2) is 0 Å². The van der Waals surface area contributed by atoms with E-state index >= 15 is 0 Å².